The first-order valence-electron chi connectivity index (χ1n) is 18.0. The first-order chi connectivity index (χ1) is 25.3. The SMILES string of the molecule is Cc1nc2ccc(F)cc2nc1O[C@@H]1C[C@H]2C(=O)N[C@]3(C(=O)NS(=O)(=O)C4CC4)C[C@H]3/C=C\CCCCC[C@H](NC(=O)c3ccccc3F)C(O)N2C1. The lowest BCUT2D eigenvalue weighted by Crippen LogP contribution is -2.59. The Balaban J connectivity index is 1.20. The number of amides is 3. The van der Waals surface area contributed by atoms with Gasteiger partial charge in [0, 0.05) is 24.9 Å². The zero-order valence-corrected chi connectivity index (χ0v) is 30.0. The van der Waals surface area contributed by atoms with Crippen molar-refractivity contribution in [2.45, 2.75) is 99.9 Å². The van der Waals surface area contributed by atoms with Gasteiger partial charge in [0.05, 0.1) is 33.9 Å². The van der Waals surface area contributed by atoms with Crippen molar-refractivity contribution < 1.29 is 41.4 Å². The van der Waals surface area contributed by atoms with E-state index in [0.29, 0.717) is 43.3 Å². The Hall–Kier alpha value is -4.54. The van der Waals surface area contributed by atoms with Crippen LogP contribution in [-0.4, -0.2) is 87.9 Å². The molecule has 7 rings (SSSR count). The van der Waals surface area contributed by atoms with Gasteiger partial charge in [-0.2, -0.15) is 0 Å². The average Bonchev–Trinajstić information content (AvgIpc) is 4.04. The van der Waals surface area contributed by atoms with Crippen molar-refractivity contribution in [1.29, 1.82) is 0 Å². The number of carbonyl (C=O) groups is 3. The van der Waals surface area contributed by atoms with E-state index in [1.165, 1.54) is 41.3 Å². The number of nitrogens with one attached hydrogen (secondary N) is 3. The Morgan fingerprint density at radius 1 is 1.06 bits per heavy atom. The monoisotopic (exact) mass is 752 g/mol. The van der Waals surface area contributed by atoms with Crippen LogP contribution in [0.3, 0.4) is 0 Å². The van der Waals surface area contributed by atoms with Crippen molar-refractivity contribution >= 4 is 38.8 Å². The molecule has 1 aromatic heterocycles. The normalized spacial score (nSPS) is 28.8. The third-order valence-corrected chi connectivity index (χ3v) is 12.3. The molecule has 2 aromatic carbocycles. The Bertz CT molecular complexity index is 2060. The number of aliphatic hydroxyl groups is 1. The highest BCUT2D eigenvalue weighted by Gasteiger charge is 2.62. The molecule has 16 heteroatoms. The molecule has 3 amide bonds. The highest BCUT2D eigenvalue weighted by molar-refractivity contribution is 7.91. The molecule has 13 nitrogen and oxygen atoms in total. The van der Waals surface area contributed by atoms with Gasteiger partial charge in [0.1, 0.15) is 35.2 Å². The number of allylic oxidation sites excluding steroid dienone is 1. The van der Waals surface area contributed by atoms with Gasteiger partial charge >= 0.3 is 0 Å². The molecule has 4 N–H and O–H groups in total. The first-order valence-corrected chi connectivity index (χ1v) is 19.5. The third-order valence-electron chi connectivity index (χ3n) is 10.5. The number of rotatable bonds is 7. The fraction of sp³-hybridized carbons (Fsp3) is 0.486. The molecule has 1 saturated heterocycles. The largest absolute Gasteiger partial charge is 0.472 e. The number of benzene rings is 2. The predicted octanol–water partition coefficient (Wildman–Crippen LogP) is 3.16. The topological polar surface area (TPSA) is 180 Å². The van der Waals surface area contributed by atoms with Crippen molar-refractivity contribution in [3.05, 3.63) is 77.5 Å². The maximum atomic E-state index is 14.6. The Labute approximate surface area is 305 Å². The highest BCUT2D eigenvalue weighted by Crippen LogP contribution is 2.46. The second kappa shape index (κ2) is 14.7. The number of sulfonamides is 1. The second-order valence-corrected chi connectivity index (χ2v) is 16.4. The summed E-state index contributed by atoms with van der Waals surface area (Å²) in [4.78, 5) is 51.7. The Morgan fingerprint density at radius 2 is 1.85 bits per heavy atom. The molecule has 4 aliphatic rings. The minimum absolute atomic E-state index is 0.00222. The number of carbonyl (C=O) groups excluding carboxylic acids is 3. The summed E-state index contributed by atoms with van der Waals surface area (Å²) in [5, 5.41) is 17.0. The molecule has 6 atom stereocenters. The summed E-state index contributed by atoms with van der Waals surface area (Å²) in [6, 6.07) is 7.42. The maximum Gasteiger partial charge on any atom is 0.259 e. The quantitative estimate of drug-likeness (QED) is 0.262. The fourth-order valence-corrected chi connectivity index (χ4v) is 8.64. The molecule has 282 valence electrons. The second-order valence-electron chi connectivity index (χ2n) is 14.4. The maximum absolute atomic E-state index is 14.6. The third kappa shape index (κ3) is 7.89. The summed E-state index contributed by atoms with van der Waals surface area (Å²) < 4.78 is 62.7. The number of aromatic nitrogens is 2. The number of hydrogen-bond donors (Lipinski definition) is 4. The van der Waals surface area contributed by atoms with Gasteiger partial charge in [-0.15, -0.1) is 0 Å². The minimum Gasteiger partial charge on any atom is -0.472 e. The van der Waals surface area contributed by atoms with Gasteiger partial charge in [0.25, 0.3) is 11.8 Å². The van der Waals surface area contributed by atoms with Gasteiger partial charge in [-0.25, -0.2) is 27.2 Å². The summed E-state index contributed by atoms with van der Waals surface area (Å²) in [6.07, 6.45) is 5.63. The van der Waals surface area contributed by atoms with Crippen LogP contribution in [0.25, 0.3) is 11.0 Å². The minimum atomic E-state index is -3.92. The van der Waals surface area contributed by atoms with Crippen LogP contribution in [0, 0.1) is 24.5 Å². The molecule has 0 spiro atoms. The van der Waals surface area contributed by atoms with Gasteiger partial charge < -0.3 is 20.5 Å². The summed E-state index contributed by atoms with van der Waals surface area (Å²) in [5.74, 6) is -3.80. The van der Waals surface area contributed by atoms with E-state index in [2.05, 4.69) is 25.3 Å². The van der Waals surface area contributed by atoms with Crippen LogP contribution in [0.15, 0.2) is 54.6 Å². The molecule has 0 bridgehead atoms. The number of nitrogens with zero attached hydrogens (tertiary/aromatic N) is 3. The number of ether oxygens (including phenoxy) is 1. The molecule has 3 fully saturated rings. The van der Waals surface area contributed by atoms with Gasteiger partial charge in [-0.1, -0.05) is 37.1 Å². The molecule has 0 radical (unpaired) electrons. The van der Waals surface area contributed by atoms with Crippen molar-refractivity contribution in [3.8, 4) is 5.88 Å². The summed E-state index contributed by atoms with van der Waals surface area (Å²) in [6.45, 7) is 1.64. The van der Waals surface area contributed by atoms with E-state index < -0.39 is 80.5 Å². The fourth-order valence-electron chi connectivity index (χ4n) is 7.27. The highest BCUT2D eigenvalue weighted by atomic mass is 32.2. The molecular weight excluding hydrogens is 711 g/mol. The van der Waals surface area contributed by atoms with E-state index >= 15 is 0 Å². The van der Waals surface area contributed by atoms with Gasteiger partial charge in [-0.05, 0) is 69.7 Å². The number of hydrogen-bond acceptors (Lipinski definition) is 10. The zero-order chi connectivity index (χ0) is 37.5. The van der Waals surface area contributed by atoms with Crippen LogP contribution in [0.5, 0.6) is 5.88 Å². The van der Waals surface area contributed by atoms with Crippen LogP contribution in [0.1, 0.15) is 73.8 Å². The van der Waals surface area contributed by atoms with Crippen molar-refractivity contribution in [1.82, 2.24) is 30.2 Å². The van der Waals surface area contributed by atoms with Crippen LogP contribution >= 0.6 is 0 Å². The lowest BCUT2D eigenvalue weighted by Gasteiger charge is -2.35. The van der Waals surface area contributed by atoms with Crippen molar-refractivity contribution in [2.24, 2.45) is 5.92 Å². The molecule has 1 unspecified atom stereocenters. The Kier molecular flexibility index (Phi) is 10.2. The van der Waals surface area contributed by atoms with Gasteiger partial charge in [0.2, 0.25) is 21.8 Å². The average molecular weight is 753 g/mol. The summed E-state index contributed by atoms with van der Waals surface area (Å²) >= 11 is 0. The predicted molar refractivity (Wildman–Crippen MR) is 189 cm³/mol. The molecule has 2 aliphatic heterocycles. The number of aryl methyl sites for hydroxylation is 1. The molecule has 2 saturated carbocycles. The van der Waals surface area contributed by atoms with Crippen LogP contribution in [-0.2, 0) is 19.6 Å². The van der Waals surface area contributed by atoms with E-state index in [4.69, 9.17) is 4.74 Å². The van der Waals surface area contributed by atoms with E-state index in [1.54, 1.807) is 6.92 Å². The number of aliphatic hydroxyl groups excluding tert-OH is 1. The van der Waals surface area contributed by atoms with Crippen molar-refractivity contribution in [2.75, 3.05) is 6.54 Å². The van der Waals surface area contributed by atoms with Crippen molar-refractivity contribution in [3.63, 3.8) is 0 Å². The van der Waals surface area contributed by atoms with E-state index in [1.807, 2.05) is 12.2 Å². The molecular formula is C37H42F2N6O7S. The van der Waals surface area contributed by atoms with Crippen LogP contribution in [0.4, 0.5) is 8.78 Å². The number of halogens is 2. The molecule has 53 heavy (non-hydrogen) atoms. The van der Waals surface area contributed by atoms with E-state index in [-0.39, 0.29) is 36.3 Å². The number of fused-ring (bicyclic) bond motifs is 3. The zero-order valence-electron chi connectivity index (χ0n) is 29.1. The van der Waals surface area contributed by atoms with Crippen LogP contribution in [0.2, 0.25) is 0 Å². The standard InChI is InChI=1S/C37H42F2N6O7S/c1-21-34(42-30-17-23(38)13-16-28(30)40-21)52-24-18-31-33(47)43-37(36(49)44-53(50,51)25-14-15-25)19-22(37)9-5-3-2-4-6-12-29(35(48)45(31)20-24)41-32(46)26-10-7-8-11-27(26)39/h5,7-11,13,16-17,22,24-25,29,31,35,48H,2-4,6,12,14-15,18-20H2,1H3,(H,41,46)(H,43,47)(H,44,49)/b9-5-/t22-,24-,29+,31+,35?,37-/m1/s1. The molecule has 3 aromatic rings. The molecule has 2 aliphatic carbocycles. The van der Waals surface area contributed by atoms with E-state index in [9.17, 15) is 36.7 Å². The van der Waals surface area contributed by atoms with Crippen LogP contribution < -0.4 is 20.1 Å². The smallest absolute Gasteiger partial charge is 0.259 e. The summed E-state index contributed by atoms with van der Waals surface area (Å²) in [5.41, 5.74) is -0.608. The lowest BCUT2D eigenvalue weighted by molar-refractivity contribution is -0.135. The Morgan fingerprint density at radius 3 is 2.62 bits per heavy atom. The van der Waals surface area contributed by atoms with Gasteiger partial charge in [-0.3, -0.25) is 24.0 Å². The molecule has 3 heterocycles. The summed E-state index contributed by atoms with van der Waals surface area (Å²) in [7, 11) is -3.92. The van der Waals surface area contributed by atoms with Gasteiger partial charge in [0.15, 0.2) is 0 Å². The lowest BCUT2D eigenvalue weighted by atomic mass is 10.0. The van der Waals surface area contributed by atoms with E-state index in [0.717, 1.165) is 18.9 Å². The first kappa shape index (κ1) is 36.8.